The van der Waals surface area contributed by atoms with E-state index >= 15 is 0 Å². The van der Waals surface area contributed by atoms with Crippen LogP contribution in [-0.4, -0.2) is 54.8 Å². The summed E-state index contributed by atoms with van der Waals surface area (Å²) in [5.74, 6) is -0.823. The van der Waals surface area contributed by atoms with Gasteiger partial charge in [0.25, 0.3) is 0 Å². The van der Waals surface area contributed by atoms with Crippen molar-refractivity contribution in [1.29, 1.82) is 0 Å². The van der Waals surface area contributed by atoms with Crippen LogP contribution in [0, 0.1) is 5.92 Å². The molecule has 0 amide bonds. The van der Waals surface area contributed by atoms with Gasteiger partial charge in [0.2, 0.25) is 10.0 Å². The van der Waals surface area contributed by atoms with Crippen LogP contribution in [0.2, 0.25) is 0 Å². The van der Waals surface area contributed by atoms with Crippen LogP contribution in [0.1, 0.15) is 45.4 Å². The smallest absolute Gasteiger partial charge is 0.322 e. The molecule has 0 radical (unpaired) electrons. The average Bonchev–Trinajstić information content (AvgIpc) is 2.84. The van der Waals surface area contributed by atoms with Crippen molar-refractivity contribution >= 4 is 16.0 Å². The number of rotatable bonds is 6. The van der Waals surface area contributed by atoms with Crippen molar-refractivity contribution in [3.63, 3.8) is 0 Å². The number of sulfonamides is 1. The number of nitrogens with zero attached hydrogens (tertiary/aromatic N) is 1. The van der Waals surface area contributed by atoms with Crippen LogP contribution in [0.4, 0.5) is 0 Å². The molecule has 21 heavy (non-hydrogen) atoms. The van der Waals surface area contributed by atoms with Crippen molar-refractivity contribution in [3.05, 3.63) is 0 Å². The van der Waals surface area contributed by atoms with Crippen LogP contribution < -0.4 is 0 Å². The summed E-state index contributed by atoms with van der Waals surface area (Å²) in [6.45, 7) is 2.00. The van der Waals surface area contributed by atoms with Gasteiger partial charge in [-0.1, -0.05) is 12.8 Å². The van der Waals surface area contributed by atoms with Gasteiger partial charge in [-0.25, -0.2) is 8.42 Å². The third-order valence-electron chi connectivity index (χ3n) is 4.84. The van der Waals surface area contributed by atoms with E-state index in [9.17, 15) is 18.3 Å². The highest BCUT2D eigenvalue weighted by Crippen LogP contribution is 2.42. The van der Waals surface area contributed by atoms with Gasteiger partial charge in [-0.2, -0.15) is 4.31 Å². The van der Waals surface area contributed by atoms with Gasteiger partial charge in [0.05, 0.1) is 5.25 Å². The molecule has 0 aromatic heterocycles. The largest absolute Gasteiger partial charge is 0.480 e. The molecule has 1 aliphatic heterocycles. The first-order valence-corrected chi connectivity index (χ1v) is 9.14. The summed E-state index contributed by atoms with van der Waals surface area (Å²) >= 11 is 0. The number of ether oxygens (including phenoxy) is 1. The van der Waals surface area contributed by atoms with Gasteiger partial charge < -0.3 is 9.84 Å². The molecule has 1 aliphatic carbocycles. The van der Waals surface area contributed by atoms with Gasteiger partial charge in [0, 0.05) is 19.8 Å². The molecule has 4 atom stereocenters. The highest BCUT2D eigenvalue weighted by molar-refractivity contribution is 7.89. The Morgan fingerprint density at radius 2 is 2.05 bits per heavy atom. The van der Waals surface area contributed by atoms with Gasteiger partial charge in [-0.3, -0.25) is 4.79 Å². The van der Waals surface area contributed by atoms with Crippen LogP contribution in [0.15, 0.2) is 0 Å². The maximum absolute atomic E-state index is 12.8. The van der Waals surface area contributed by atoms with Crippen molar-refractivity contribution < 1.29 is 23.1 Å². The summed E-state index contributed by atoms with van der Waals surface area (Å²) in [4.78, 5) is 11.5. The Labute approximate surface area is 126 Å². The molecular formula is C14H25NO5S. The summed E-state index contributed by atoms with van der Waals surface area (Å²) in [7, 11) is -2.07. The van der Waals surface area contributed by atoms with Gasteiger partial charge in [0.15, 0.2) is 0 Å². The highest BCUT2D eigenvalue weighted by atomic mass is 32.2. The Balaban J connectivity index is 2.25. The van der Waals surface area contributed by atoms with Gasteiger partial charge in [-0.15, -0.1) is 0 Å². The predicted molar refractivity (Wildman–Crippen MR) is 78.5 cm³/mol. The van der Waals surface area contributed by atoms with E-state index in [4.69, 9.17) is 4.74 Å². The van der Waals surface area contributed by atoms with Crippen LogP contribution in [0.3, 0.4) is 0 Å². The van der Waals surface area contributed by atoms with Crippen LogP contribution in [0.5, 0.6) is 0 Å². The van der Waals surface area contributed by atoms with Crippen LogP contribution in [-0.2, 0) is 19.6 Å². The molecule has 2 fully saturated rings. The van der Waals surface area contributed by atoms with E-state index in [0.29, 0.717) is 19.4 Å². The van der Waals surface area contributed by atoms with E-state index in [1.807, 2.05) is 0 Å². The maximum Gasteiger partial charge on any atom is 0.322 e. The summed E-state index contributed by atoms with van der Waals surface area (Å²) in [6.07, 6.45) is 4.61. The van der Waals surface area contributed by atoms with E-state index in [0.717, 1.165) is 25.7 Å². The zero-order chi connectivity index (χ0) is 15.6. The van der Waals surface area contributed by atoms with Crippen molar-refractivity contribution in [3.8, 4) is 0 Å². The lowest BCUT2D eigenvalue weighted by molar-refractivity contribution is -0.141. The Morgan fingerprint density at radius 1 is 1.38 bits per heavy atom. The molecule has 1 saturated heterocycles. The molecule has 2 rings (SSSR count). The van der Waals surface area contributed by atoms with Gasteiger partial charge in [0.1, 0.15) is 6.04 Å². The zero-order valence-electron chi connectivity index (χ0n) is 12.7. The summed E-state index contributed by atoms with van der Waals surface area (Å²) in [6, 6.07) is -1.03. The lowest BCUT2D eigenvalue weighted by atomic mass is 9.85. The Morgan fingerprint density at radius 3 is 2.67 bits per heavy atom. The fraction of sp³-hybridized carbons (Fsp3) is 0.929. The molecule has 122 valence electrons. The first-order chi connectivity index (χ1) is 9.89. The lowest BCUT2D eigenvalue weighted by Crippen LogP contribution is -2.49. The normalized spacial score (nSPS) is 31.8. The third-order valence-corrected chi connectivity index (χ3v) is 7.21. The number of carboxylic acid groups (broad SMARTS) is 1. The SMILES string of the molecule is COCCC(C)S(=O)(=O)N1C(C(=O)O)CC2CCCCC21. The van der Waals surface area contributed by atoms with Crippen molar-refractivity contribution in [2.75, 3.05) is 13.7 Å². The summed E-state index contributed by atoms with van der Waals surface area (Å²) in [5.41, 5.74) is 0. The fourth-order valence-electron chi connectivity index (χ4n) is 3.64. The van der Waals surface area contributed by atoms with Gasteiger partial charge in [-0.05, 0) is 38.5 Å². The summed E-state index contributed by atoms with van der Waals surface area (Å²) in [5, 5.41) is 8.81. The number of carbonyl (C=O) groups is 1. The van der Waals surface area contributed by atoms with E-state index in [-0.39, 0.29) is 12.0 Å². The minimum Gasteiger partial charge on any atom is -0.480 e. The molecule has 0 bridgehead atoms. The Kier molecular flexibility index (Phi) is 5.27. The van der Waals surface area contributed by atoms with Crippen LogP contribution in [0.25, 0.3) is 0 Å². The lowest BCUT2D eigenvalue weighted by Gasteiger charge is -2.33. The number of aliphatic carboxylic acids is 1. The van der Waals surface area contributed by atoms with Crippen LogP contribution >= 0.6 is 0 Å². The quantitative estimate of drug-likeness (QED) is 0.801. The third kappa shape index (κ3) is 3.24. The van der Waals surface area contributed by atoms with E-state index in [1.165, 1.54) is 11.4 Å². The van der Waals surface area contributed by atoms with Crippen molar-refractivity contribution in [2.24, 2.45) is 5.92 Å². The molecule has 4 unspecified atom stereocenters. The topological polar surface area (TPSA) is 83.9 Å². The number of hydrogen-bond acceptors (Lipinski definition) is 4. The molecule has 7 heteroatoms. The predicted octanol–water partition coefficient (Wildman–Crippen LogP) is 1.46. The molecule has 2 aliphatic rings. The molecule has 6 nitrogen and oxygen atoms in total. The second-order valence-electron chi connectivity index (χ2n) is 6.17. The maximum atomic E-state index is 12.8. The Bertz CT molecular complexity index is 478. The van der Waals surface area contributed by atoms with Crippen molar-refractivity contribution in [1.82, 2.24) is 4.31 Å². The Hall–Kier alpha value is -0.660. The van der Waals surface area contributed by atoms with E-state index < -0.39 is 27.3 Å². The molecule has 1 N–H and O–H groups in total. The highest BCUT2D eigenvalue weighted by Gasteiger charge is 2.51. The number of hydrogen-bond donors (Lipinski definition) is 1. The van der Waals surface area contributed by atoms with Gasteiger partial charge >= 0.3 is 5.97 Å². The number of fused-ring (bicyclic) bond motifs is 1. The number of carboxylic acids is 1. The number of methoxy groups -OCH3 is 1. The van der Waals surface area contributed by atoms with E-state index in [1.54, 1.807) is 6.92 Å². The zero-order valence-corrected chi connectivity index (χ0v) is 13.5. The second kappa shape index (κ2) is 6.62. The molecule has 1 heterocycles. The second-order valence-corrected chi connectivity index (χ2v) is 8.42. The summed E-state index contributed by atoms with van der Waals surface area (Å²) < 4.78 is 31.9. The first kappa shape index (κ1) is 16.7. The minimum atomic E-state index is -3.60. The fourth-order valence-corrected chi connectivity index (χ4v) is 5.63. The van der Waals surface area contributed by atoms with Crippen molar-refractivity contribution in [2.45, 2.75) is 62.8 Å². The molecule has 0 spiro atoms. The molecule has 1 saturated carbocycles. The average molecular weight is 319 g/mol. The monoisotopic (exact) mass is 319 g/mol. The first-order valence-electron chi connectivity index (χ1n) is 7.63. The standard InChI is InChI=1S/C14H25NO5S/c1-10(7-8-20-2)21(18,19)15-12-6-4-3-5-11(12)9-13(15)14(16)17/h10-13H,3-9H2,1-2H3,(H,16,17). The molecular weight excluding hydrogens is 294 g/mol. The molecule has 0 aromatic rings. The molecule has 0 aromatic carbocycles. The minimum absolute atomic E-state index is 0.130. The van der Waals surface area contributed by atoms with E-state index in [2.05, 4.69) is 0 Å².